The van der Waals surface area contributed by atoms with Gasteiger partial charge in [-0.15, -0.1) is 6.58 Å². The molecule has 3 nitrogen and oxygen atoms in total. The van der Waals surface area contributed by atoms with Crippen LogP contribution in [0.5, 0.6) is 0 Å². The first-order valence-electron chi connectivity index (χ1n) is 7.04. The van der Waals surface area contributed by atoms with Crippen LogP contribution in [-0.4, -0.2) is 24.3 Å². The summed E-state index contributed by atoms with van der Waals surface area (Å²) >= 11 is 0. The van der Waals surface area contributed by atoms with Crippen molar-refractivity contribution in [2.45, 2.75) is 44.6 Å². The highest BCUT2D eigenvalue weighted by molar-refractivity contribution is 5.68. The van der Waals surface area contributed by atoms with Crippen LogP contribution in [0.15, 0.2) is 49.1 Å². The van der Waals surface area contributed by atoms with Gasteiger partial charge in [0.15, 0.2) is 0 Å². The van der Waals surface area contributed by atoms with E-state index in [-0.39, 0.29) is 5.97 Å². The summed E-state index contributed by atoms with van der Waals surface area (Å²) < 4.78 is 4.55. The third kappa shape index (κ3) is 12.8. The van der Waals surface area contributed by atoms with E-state index < -0.39 is 6.10 Å². The Hall–Kier alpha value is -1.61. The highest BCUT2D eigenvalue weighted by atomic mass is 16.5. The molecule has 0 saturated heterocycles. The van der Waals surface area contributed by atoms with E-state index >= 15 is 0 Å². The lowest BCUT2D eigenvalue weighted by atomic mass is 10.1. The number of unbranched alkanes of at least 4 members (excludes halogenated alkanes) is 1. The maximum Gasteiger partial charge on any atom is 0.305 e. The molecular weight excluding hydrogens is 252 g/mol. The van der Waals surface area contributed by atoms with Crippen LogP contribution in [0.4, 0.5) is 0 Å². The van der Waals surface area contributed by atoms with Gasteiger partial charge < -0.3 is 9.84 Å². The molecule has 0 radical (unpaired) electrons. The van der Waals surface area contributed by atoms with E-state index in [9.17, 15) is 9.90 Å². The van der Waals surface area contributed by atoms with E-state index in [0.717, 1.165) is 25.7 Å². The van der Waals surface area contributed by atoms with Gasteiger partial charge in [-0.3, -0.25) is 4.79 Å². The molecule has 1 unspecified atom stereocenters. The van der Waals surface area contributed by atoms with Crippen LogP contribution >= 0.6 is 0 Å². The van der Waals surface area contributed by atoms with Crippen molar-refractivity contribution in [3.63, 3.8) is 0 Å². The number of methoxy groups -OCH3 is 1. The fourth-order valence-corrected chi connectivity index (χ4v) is 1.54. The summed E-state index contributed by atoms with van der Waals surface area (Å²) in [5.41, 5.74) is 0. The van der Waals surface area contributed by atoms with E-state index in [1.54, 1.807) is 6.08 Å². The van der Waals surface area contributed by atoms with Gasteiger partial charge in [-0.1, -0.05) is 42.5 Å². The van der Waals surface area contributed by atoms with Crippen molar-refractivity contribution < 1.29 is 14.6 Å². The van der Waals surface area contributed by atoms with Crippen molar-refractivity contribution in [3.8, 4) is 0 Å². The lowest BCUT2D eigenvalue weighted by molar-refractivity contribution is -0.140. The SMILES string of the molecule is C=CC/C=C\C/C=C\C=C\C(O)CCCCC(=O)OC. The first-order valence-corrected chi connectivity index (χ1v) is 7.04. The van der Waals surface area contributed by atoms with Crippen LogP contribution in [0.3, 0.4) is 0 Å². The maximum atomic E-state index is 10.9. The van der Waals surface area contributed by atoms with Crippen molar-refractivity contribution in [3.05, 3.63) is 49.1 Å². The number of esters is 1. The molecule has 0 aliphatic rings. The number of rotatable bonds is 11. The first-order chi connectivity index (χ1) is 9.70. The Morgan fingerprint density at radius 1 is 1.20 bits per heavy atom. The van der Waals surface area contributed by atoms with Gasteiger partial charge in [0, 0.05) is 6.42 Å². The Balaban J connectivity index is 3.61. The molecule has 0 spiro atoms. The standard InChI is InChI=1S/C17H26O3/c1-3-4-5-6-7-8-9-10-13-16(18)14-11-12-15-17(19)20-2/h3,5-6,8-10,13,16,18H,1,4,7,11-12,14-15H2,2H3/b6-5-,9-8-,13-10+. The van der Waals surface area contributed by atoms with Crippen molar-refractivity contribution in [2.24, 2.45) is 0 Å². The topological polar surface area (TPSA) is 46.5 Å². The summed E-state index contributed by atoms with van der Waals surface area (Å²) in [6.45, 7) is 3.64. The fraction of sp³-hybridized carbons (Fsp3) is 0.471. The Labute approximate surface area is 122 Å². The average molecular weight is 278 g/mol. The number of carbonyl (C=O) groups is 1. The van der Waals surface area contributed by atoms with Crippen LogP contribution in [0.2, 0.25) is 0 Å². The van der Waals surface area contributed by atoms with E-state index in [4.69, 9.17) is 0 Å². The minimum Gasteiger partial charge on any atom is -0.469 e. The fourth-order valence-electron chi connectivity index (χ4n) is 1.54. The van der Waals surface area contributed by atoms with Crippen LogP contribution in [0.25, 0.3) is 0 Å². The summed E-state index contributed by atoms with van der Waals surface area (Å²) in [6.07, 6.45) is 17.6. The third-order valence-corrected chi connectivity index (χ3v) is 2.68. The molecule has 0 fully saturated rings. The zero-order valence-corrected chi connectivity index (χ0v) is 12.3. The summed E-state index contributed by atoms with van der Waals surface area (Å²) in [5, 5.41) is 9.68. The summed E-state index contributed by atoms with van der Waals surface area (Å²) in [7, 11) is 1.39. The second-order valence-corrected chi connectivity index (χ2v) is 4.43. The largest absolute Gasteiger partial charge is 0.469 e. The number of hydrogen-bond donors (Lipinski definition) is 1. The van der Waals surface area contributed by atoms with E-state index in [1.807, 2.05) is 24.3 Å². The number of aliphatic hydroxyl groups is 1. The second-order valence-electron chi connectivity index (χ2n) is 4.43. The molecule has 1 N–H and O–H groups in total. The Morgan fingerprint density at radius 2 is 1.95 bits per heavy atom. The van der Waals surface area contributed by atoms with Gasteiger partial charge in [0.1, 0.15) is 0 Å². The van der Waals surface area contributed by atoms with E-state index in [2.05, 4.69) is 23.5 Å². The molecule has 0 aromatic heterocycles. The van der Waals surface area contributed by atoms with Gasteiger partial charge in [0.25, 0.3) is 0 Å². The quantitative estimate of drug-likeness (QED) is 0.271. The molecule has 0 aliphatic carbocycles. The van der Waals surface area contributed by atoms with E-state index in [0.29, 0.717) is 12.8 Å². The minimum atomic E-state index is -0.450. The molecule has 0 aromatic carbocycles. The molecule has 3 heteroatoms. The molecule has 0 aromatic rings. The minimum absolute atomic E-state index is 0.192. The van der Waals surface area contributed by atoms with Crippen LogP contribution in [-0.2, 0) is 9.53 Å². The number of carbonyl (C=O) groups excluding carboxylic acids is 1. The maximum absolute atomic E-state index is 10.9. The lowest BCUT2D eigenvalue weighted by Gasteiger charge is -2.04. The number of hydrogen-bond acceptors (Lipinski definition) is 3. The zero-order valence-electron chi connectivity index (χ0n) is 12.3. The van der Waals surface area contributed by atoms with Gasteiger partial charge in [-0.25, -0.2) is 0 Å². The average Bonchev–Trinajstić information content (AvgIpc) is 2.46. The smallest absolute Gasteiger partial charge is 0.305 e. The van der Waals surface area contributed by atoms with Gasteiger partial charge in [0.05, 0.1) is 13.2 Å². The lowest BCUT2D eigenvalue weighted by Crippen LogP contribution is -2.03. The first kappa shape index (κ1) is 18.4. The molecule has 0 heterocycles. The van der Waals surface area contributed by atoms with Crippen molar-refractivity contribution in [2.75, 3.05) is 7.11 Å². The molecule has 1 atom stereocenters. The monoisotopic (exact) mass is 278 g/mol. The molecule has 0 rings (SSSR count). The summed E-state index contributed by atoms with van der Waals surface area (Å²) in [5.74, 6) is -0.192. The molecule has 112 valence electrons. The molecular formula is C17H26O3. The van der Waals surface area contributed by atoms with Gasteiger partial charge in [-0.2, -0.15) is 0 Å². The molecule has 0 amide bonds. The highest BCUT2D eigenvalue weighted by Crippen LogP contribution is 2.05. The zero-order chi connectivity index (χ0) is 15.1. The number of ether oxygens (including phenoxy) is 1. The summed E-state index contributed by atoms with van der Waals surface area (Å²) in [6, 6.07) is 0. The Kier molecular flexibility index (Phi) is 12.7. The molecule has 0 bridgehead atoms. The van der Waals surface area contributed by atoms with Crippen molar-refractivity contribution in [1.29, 1.82) is 0 Å². The van der Waals surface area contributed by atoms with Crippen molar-refractivity contribution >= 4 is 5.97 Å². The molecule has 20 heavy (non-hydrogen) atoms. The second kappa shape index (κ2) is 13.8. The van der Waals surface area contributed by atoms with E-state index in [1.165, 1.54) is 7.11 Å². The van der Waals surface area contributed by atoms with Crippen LogP contribution < -0.4 is 0 Å². The number of allylic oxidation sites excluding steroid dienone is 6. The number of aliphatic hydroxyl groups excluding tert-OH is 1. The predicted molar refractivity (Wildman–Crippen MR) is 83.3 cm³/mol. The van der Waals surface area contributed by atoms with Crippen LogP contribution in [0, 0.1) is 0 Å². The predicted octanol–water partition coefficient (Wildman–Crippen LogP) is 3.72. The normalized spacial score (nSPS) is 13.3. The molecule has 0 saturated carbocycles. The van der Waals surface area contributed by atoms with Gasteiger partial charge >= 0.3 is 5.97 Å². The Morgan fingerprint density at radius 3 is 2.65 bits per heavy atom. The molecule has 0 aliphatic heterocycles. The third-order valence-electron chi connectivity index (χ3n) is 2.68. The Bertz CT molecular complexity index is 340. The van der Waals surface area contributed by atoms with Crippen LogP contribution in [0.1, 0.15) is 38.5 Å². The highest BCUT2D eigenvalue weighted by Gasteiger charge is 2.02. The van der Waals surface area contributed by atoms with Gasteiger partial charge in [0.2, 0.25) is 0 Å². The summed E-state index contributed by atoms with van der Waals surface area (Å²) in [4.78, 5) is 10.9. The van der Waals surface area contributed by atoms with Gasteiger partial charge in [-0.05, 0) is 32.1 Å². The van der Waals surface area contributed by atoms with Crippen molar-refractivity contribution in [1.82, 2.24) is 0 Å².